The average Bonchev–Trinajstić information content (AvgIpc) is 3.23. The lowest BCUT2D eigenvalue weighted by atomic mass is 10.0. The lowest BCUT2D eigenvalue weighted by molar-refractivity contribution is -0.113. The molecule has 0 aliphatic rings. The fourth-order valence-corrected chi connectivity index (χ4v) is 4.23. The van der Waals surface area contributed by atoms with Gasteiger partial charge in [0, 0.05) is 22.0 Å². The van der Waals surface area contributed by atoms with Crippen molar-refractivity contribution in [2.24, 2.45) is 0 Å². The van der Waals surface area contributed by atoms with Crippen molar-refractivity contribution in [3.8, 4) is 17.1 Å². The lowest BCUT2D eigenvalue weighted by Gasteiger charge is -2.11. The van der Waals surface area contributed by atoms with Gasteiger partial charge in [-0.15, -0.1) is 10.2 Å². The van der Waals surface area contributed by atoms with Gasteiger partial charge in [-0.3, -0.25) is 9.36 Å². The molecule has 7 heteroatoms. The van der Waals surface area contributed by atoms with E-state index in [-0.39, 0.29) is 11.7 Å². The topological polar surface area (TPSA) is 59.8 Å². The van der Waals surface area contributed by atoms with Crippen molar-refractivity contribution in [1.82, 2.24) is 14.8 Å². The molecule has 4 rings (SSSR count). The number of aromatic nitrogens is 3. The van der Waals surface area contributed by atoms with Gasteiger partial charge in [0.2, 0.25) is 5.91 Å². The predicted octanol–water partition coefficient (Wildman–Crippen LogP) is 6.75. The smallest absolute Gasteiger partial charge is 0.234 e. The highest BCUT2D eigenvalue weighted by atomic mass is 35.5. The zero-order valence-corrected chi connectivity index (χ0v) is 20.3. The highest BCUT2D eigenvalue weighted by Gasteiger charge is 2.17. The Morgan fingerprint density at radius 3 is 2.27 bits per heavy atom. The summed E-state index contributed by atoms with van der Waals surface area (Å²) in [5.41, 5.74) is 5.02. The third kappa shape index (κ3) is 5.64. The van der Waals surface area contributed by atoms with Crippen LogP contribution in [0.25, 0.3) is 17.1 Å². The van der Waals surface area contributed by atoms with Gasteiger partial charge in [0.1, 0.15) is 0 Å². The van der Waals surface area contributed by atoms with Crippen LogP contribution in [0.1, 0.15) is 30.9 Å². The fraction of sp³-hybridized carbons (Fsp3) is 0.192. The number of rotatable bonds is 7. The zero-order valence-electron chi connectivity index (χ0n) is 18.7. The number of benzene rings is 3. The largest absolute Gasteiger partial charge is 0.325 e. The van der Waals surface area contributed by atoms with E-state index in [0.29, 0.717) is 21.9 Å². The first-order chi connectivity index (χ1) is 15.9. The molecule has 4 aromatic rings. The van der Waals surface area contributed by atoms with Gasteiger partial charge in [0.05, 0.1) is 5.75 Å². The number of amides is 1. The maximum Gasteiger partial charge on any atom is 0.234 e. The Morgan fingerprint density at radius 2 is 1.64 bits per heavy atom. The van der Waals surface area contributed by atoms with Crippen molar-refractivity contribution >= 4 is 35.0 Å². The zero-order chi connectivity index (χ0) is 23.4. The number of nitrogens with one attached hydrogen (secondary N) is 1. The third-order valence-corrected chi connectivity index (χ3v) is 6.40. The summed E-state index contributed by atoms with van der Waals surface area (Å²) >= 11 is 7.44. The van der Waals surface area contributed by atoms with Crippen LogP contribution in [0.3, 0.4) is 0 Å². The van der Waals surface area contributed by atoms with Crippen LogP contribution in [0.15, 0.2) is 78.0 Å². The Morgan fingerprint density at radius 1 is 0.970 bits per heavy atom. The number of hydrogen-bond donors (Lipinski definition) is 1. The molecule has 5 nitrogen and oxygen atoms in total. The van der Waals surface area contributed by atoms with Gasteiger partial charge in [-0.1, -0.05) is 79.2 Å². The summed E-state index contributed by atoms with van der Waals surface area (Å²) in [6, 6.07) is 23.6. The SMILES string of the molecule is Cc1ccc(-c2nnc(SCC(=O)Nc3ccc(C(C)C)cc3)n2-c2ccc(Cl)cc2)cc1. The van der Waals surface area contributed by atoms with Crippen LogP contribution >= 0.6 is 23.4 Å². The summed E-state index contributed by atoms with van der Waals surface area (Å²) < 4.78 is 1.95. The van der Waals surface area contributed by atoms with Crippen molar-refractivity contribution in [2.75, 3.05) is 11.1 Å². The van der Waals surface area contributed by atoms with Gasteiger partial charge in [0.25, 0.3) is 0 Å². The lowest BCUT2D eigenvalue weighted by Crippen LogP contribution is -2.14. The molecule has 0 atom stereocenters. The minimum atomic E-state index is -0.0974. The second-order valence-corrected chi connectivity index (χ2v) is 9.48. The van der Waals surface area contributed by atoms with Crippen LogP contribution in [0, 0.1) is 6.92 Å². The molecule has 0 spiro atoms. The van der Waals surface area contributed by atoms with Gasteiger partial charge < -0.3 is 5.32 Å². The monoisotopic (exact) mass is 476 g/mol. The van der Waals surface area contributed by atoms with Crippen molar-refractivity contribution in [1.29, 1.82) is 0 Å². The molecule has 3 aromatic carbocycles. The van der Waals surface area contributed by atoms with Crippen molar-refractivity contribution in [2.45, 2.75) is 31.8 Å². The molecule has 1 amide bonds. The summed E-state index contributed by atoms with van der Waals surface area (Å²) in [5.74, 6) is 1.28. The molecular weight excluding hydrogens is 452 g/mol. The number of anilines is 1. The second-order valence-electron chi connectivity index (χ2n) is 8.10. The predicted molar refractivity (Wildman–Crippen MR) is 136 cm³/mol. The number of carbonyl (C=O) groups excluding carboxylic acids is 1. The summed E-state index contributed by atoms with van der Waals surface area (Å²) in [4.78, 5) is 12.6. The normalized spacial score (nSPS) is 11.1. The van der Waals surface area contributed by atoms with E-state index in [0.717, 1.165) is 16.9 Å². The van der Waals surface area contributed by atoms with Gasteiger partial charge in [-0.2, -0.15) is 0 Å². The van der Waals surface area contributed by atoms with E-state index in [1.165, 1.54) is 22.9 Å². The second kappa shape index (κ2) is 10.2. The highest BCUT2D eigenvalue weighted by molar-refractivity contribution is 7.99. The third-order valence-electron chi connectivity index (χ3n) is 5.22. The number of halogens is 1. The first kappa shape index (κ1) is 23.1. The quantitative estimate of drug-likeness (QED) is 0.300. The Hall–Kier alpha value is -3.09. The van der Waals surface area contributed by atoms with E-state index in [9.17, 15) is 4.79 Å². The Bertz CT molecular complexity index is 1230. The number of carbonyl (C=O) groups is 1. The molecule has 1 aromatic heterocycles. The summed E-state index contributed by atoms with van der Waals surface area (Å²) in [6.45, 7) is 6.34. The van der Waals surface area contributed by atoms with Gasteiger partial charge >= 0.3 is 0 Å². The van der Waals surface area contributed by atoms with Gasteiger partial charge in [-0.05, 0) is 54.8 Å². The van der Waals surface area contributed by atoms with E-state index < -0.39 is 0 Å². The van der Waals surface area contributed by atoms with Crippen LogP contribution in [0.5, 0.6) is 0 Å². The number of hydrogen-bond acceptors (Lipinski definition) is 4. The molecule has 0 unspecified atom stereocenters. The molecule has 0 fully saturated rings. The fourth-order valence-electron chi connectivity index (χ4n) is 3.35. The van der Waals surface area contributed by atoms with Crippen LogP contribution in [-0.4, -0.2) is 26.4 Å². The van der Waals surface area contributed by atoms with Gasteiger partial charge in [-0.25, -0.2) is 0 Å². The van der Waals surface area contributed by atoms with E-state index in [4.69, 9.17) is 11.6 Å². The molecule has 0 radical (unpaired) electrons. The van der Waals surface area contributed by atoms with Crippen molar-refractivity contribution in [3.63, 3.8) is 0 Å². The van der Waals surface area contributed by atoms with E-state index >= 15 is 0 Å². The summed E-state index contributed by atoms with van der Waals surface area (Å²) in [6.07, 6.45) is 0. The van der Waals surface area contributed by atoms with Crippen LogP contribution in [-0.2, 0) is 4.79 Å². The average molecular weight is 477 g/mol. The van der Waals surface area contributed by atoms with E-state index in [2.05, 4.69) is 29.4 Å². The minimum absolute atomic E-state index is 0.0974. The summed E-state index contributed by atoms with van der Waals surface area (Å²) in [5, 5.41) is 13.1. The van der Waals surface area contributed by atoms with Crippen LogP contribution in [0.2, 0.25) is 5.02 Å². The number of nitrogens with zero attached hydrogens (tertiary/aromatic N) is 3. The first-order valence-corrected chi connectivity index (χ1v) is 12.1. The molecule has 0 saturated heterocycles. The molecule has 0 saturated carbocycles. The summed E-state index contributed by atoms with van der Waals surface area (Å²) in [7, 11) is 0. The Kier molecular flexibility index (Phi) is 7.16. The molecule has 0 aliphatic carbocycles. The van der Waals surface area contributed by atoms with Crippen molar-refractivity contribution < 1.29 is 4.79 Å². The highest BCUT2D eigenvalue weighted by Crippen LogP contribution is 2.29. The maximum absolute atomic E-state index is 12.6. The maximum atomic E-state index is 12.6. The van der Waals surface area contributed by atoms with Gasteiger partial charge in [0.15, 0.2) is 11.0 Å². The Balaban J connectivity index is 1.55. The molecule has 1 heterocycles. The van der Waals surface area contributed by atoms with Crippen LogP contribution in [0.4, 0.5) is 5.69 Å². The molecule has 168 valence electrons. The molecule has 33 heavy (non-hydrogen) atoms. The van der Waals surface area contributed by atoms with Crippen LogP contribution < -0.4 is 5.32 Å². The molecule has 1 N–H and O–H groups in total. The molecule has 0 bridgehead atoms. The first-order valence-electron chi connectivity index (χ1n) is 10.7. The van der Waals surface area contributed by atoms with Crippen molar-refractivity contribution in [3.05, 3.63) is 88.9 Å². The minimum Gasteiger partial charge on any atom is -0.325 e. The molecular formula is C26H25ClN4OS. The molecule has 0 aliphatic heterocycles. The standard InChI is InChI=1S/C26H25ClN4OS/c1-17(2)19-8-12-22(13-9-19)28-24(32)16-33-26-30-29-25(20-6-4-18(3)5-7-20)31(26)23-14-10-21(27)11-15-23/h4-15,17H,16H2,1-3H3,(H,28,32). The van der Waals surface area contributed by atoms with E-state index in [1.54, 1.807) is 0 Å². The van der Waals surface area contributed by atoms with E-state index in [1.807, 2.05) is 84.3 Å². The number of thioether (sulfide) groups is 1. The Labute approximate surface area is 203 Å². The number of aryl methyl sites for hydroxylation is 1.